The van der Waals surface area contributed by atoms with E-state index in [-0.39, 0.29) is 12.3 Å². The molecule has 3 fully saturated rings. The highest BCUT2D eigenvalue weighted by Crippen LogP contribution is 2.61. The third-order valence-electron chi connectivity index (χ3n) is 5.97. The summed E-state index contributed by atoms with van der Waals surface area (Å²) >= 11 is 0. The monoisotopic (exact) mass is 336 g/mol. The lowest BCUT2D eigenvalue weighted by atomic mass is 9.70. The minimum atomic E-state index is -1.56. The smallest absolute Gasteiger partial charge is 0.334 e. The highest BCUT2D eigenvalue weighted by atomic mass is 17.2. The molecule has 0 aromatic heterocycles. The third-order valence-corrected chi connectivity index (χ3v) is 5.97. The zero-order valence-electron chi connectivity index (χ0n) is 13.8. The zero-order chi connectivity index (χ0) is 17.5. The van der Waals surface area contributed by atoms with Gasteiger partial charge in [-0.25, -0.2) is 14.6 Å². The van der Waals surface area contributed by atoms with Gasteiger partial charge < -0.3 is 14.6 Å². The molecule has 0 amide bonds. The second kappa shape index (κ2) is 4.47. The van der Waals surface area contributed by atoms with E-state index in [1.54, 1.807) is 19.1 Å². The molecule has 0 aromatic rings. The van der Waals surface area contributed by atoms with Gasteiger partial charge in [-0.1, -0.05) is 12.7 Å². The highest BCUT2D eigenvalue weighted by Gasteiger charge is 2.76. The molecule has 1 N–H and O–H groups in total. The third kappa shape index (κ3) is 1.67. The van der Waals surface area contributed by atoms with Gasteiger partial charge in [0.25, 0.3) is 0 Å². The van der Waals surface area contributed by atoms with E-state index in [0.29, 0.717) is 5.57 Å². The standard InChI is InChI=1S/C17H20O7/c1-8-10-7-11(21-9(2)18)16(4,20)17-6-5-15(3,23-24-17)13(17)12(10)22-14(8)19/h5-6,10-13,20H,1,7H2,2-4H3/t10-,11+,12-,13+,15+,16+,17-/m0/s1. The number of esters is 2. The van der Waals surface area contributed by atoms with Crippen molar-refractivity contribution >= 4 is 11.9 Å². The number of ether oxygens (including phenoxy) is 2. The summed E-state index contributed by atoms with van der Waals surface area (Å²) in [5, 5.41) is 11.3. The quantitative estimate of drug-likeness (QED) is 0.328. The van der Waals surface area contributed by atoms with Gasteiger partial charge in [-0.05, 0) is 26.3 Å². The maximum absolute atomic E-state index is 12.1. The van der Waals surface area contributed by atoms with E-state index in [1.165, 1.54) is 6.92 Å². The molecule has 0 radical (unpaired) electrons. The molecule has 0 spiro atoms. The van der Waals surface area contributed by atoms with Crippen molar-refractivity contribution in [2.24, 2.45) is 11.8 Å². The first-order valence-electron chi connectivity index (χ1n) is 7.99. The molecular formula is C17H20O7. The molecule has 1 saturated carbocycles. The molecule has 24 heavy (non-hydrogen) atoms. The molecule has 2 bridgehead atoms. The van der Waals surface area contributed by atoms with Crippen LogP contribution in [0, 0.1) is 11.8 Å². The first-order chi connectivity index (χ1) is 11.1. The highest BCUT2D eigenvalue weighted by molar-refractivity contribution is 5.91. The summed E-state index contributed by atoms with van der Waals surface area (Å²) in [6, 6.07) is 0. The topological polar surface area (TPSA) is 91.3 Å². The Morgan fingerprint density at radius 3 is 2.67 bits per heavy atom. The summed E-state index contributed by atoms with van der Waals surface area (Å²) in [4.78, 5) is 34.7. The summed E-state index contributed by atoms with van der Waals surface area (Å²) in [7, 11) is 0. The van der Waals surface area contributed by atoms with Crippen LogP contribution in [0.5, 0.6) is 0 Å². The van der Waals surface area contributed by atoms with E-state index in [4.69, 9.17) is 19.2 Å². The molecule has 7 heteroatoms. The van der Waals surface area contributed by atoms with Crippen LogP contribution in [-0.4, -0.2) is 46.1 Å². The van der Waals surface area contributed by atoms with Crippen LogP contribution in [-0.2, 0) is 28.8 Å². The second-order valence-corrected chi connectivity index (χ2v) is 7.44. The van der Waals surface area contributed by atoms with E-state index < -0.39 is 46.9 Å². The average Bonchev–Trinajstić information content (AvgIpc) is 3.04. The van der Waals surface area contributed by atoms with Gasteiger partial charge in [-0.15, -0.1) is 0 Å². The van der Waals surface area contributed by atoms with E-state index in [0.717, 1.165) is 0 Å². The van der Waals surface area contributed by atoms with Crippen LogP contribution in [0.1, 0.15) is 27.2 Å². The maximum atomic E-state index is 12.1. The van der Waals surface area contributed by atoms with Crippen molar-refractivity contribution < 1.29 is 33.9 Å². The van der Waals surface area contributed by atoms with Crippen molar-refractivity contribution in [1.82, 2.24) is 0 Å². The summed E-state index contributed by atoms with van der Waals surface area (Å²) in [5.41, 5.74) is -3.36. The van der Waals surface area contributed by atoms with E-state index in [9.17, 15) is 14.7 Å². The first kappa shape index (κ1) is 15.8. The number of aliphatic hydroxyl groups is 1. The van der Waals surface area contributed by atoms with Gasteiger partial charge >= 0.3 is 11.9 Å². The fraction of sp³-hybridized carbons (Fsp3) is 0.647. The predicted molar refractivity (Wildman–Crippen MR) is 79.2 cm³/mol. The zero-order valence-corrected chi connectivity index (χ0v) is 13.8. The molecule has 130 valence electrons. The predicted octanol–water partition coefficient (Wildman–Crippen LogP) is 0.816. The first-order valence-corrected chi connectivity index (χ1v) is 7.99. The molecular weight excluding hydrogens is 316 g/mol. The Kier molecular flexibility index (Phi) is 2.95. The Labute approximate surface area is 139 Å². The summed E-state index contributed by atoms with van der Waals surface area (Å²) in [6.07, 6.45) is 2.30. The summed E-state index contributed by atoms with van der Waals surface area (Å²) < 4.78 is 11.0. The average molecular weight is 336 g/mol. The maximum Gasteiger partial charge on any atom is 0.334 e. The largest absolute Gasteiger partial charge is 0.459 e. The van der Waals surface area contributed by atoms with Gasteiger partial charge in [0.2, 0.25) is 0 Å². The number of rotatable bonds is 1. The molecule has 4 rings (SSSR count). The molecule has 2 heterocycles. The van der Waals surface area contributed by atoms with Gasteiger partial charge in [-0.2, -0.15) is 0 Å². The van der Waals surface area contributed by atoms with Gasteiger partial charge in [0.05, 0.1) is 5.92 Å². The van der Waals surface area contributed by atoms with E-state index >= 15 is 0 Å². The molecule has 4 aliphatic rings. The fourth-order valence-corrected chi connectivity index (χ4v) is 4.66. The molecule has 2 saturated heterocycles. The van der Waals surface area contributed by atoms with Gasteiger partial charge in [0.15, 0.2) is 5.60 Å². The summed E-state index contributed by atoms with van der Waals surface area (Å²) in [6.45, 7) is 8.48. The Bertz CT molecular complexity index is 680. The fourth-order valence-electron chi connectivity index (χ4n) is 4.66. The van der Waals surface area contributed by atoms with Crippen LogP contribution < -0.4 is 0 Å². The summed E-state index contributed by atoms with van der Waals surface area (Å²) in [5.74, 6) is -1.84. The van der Waals surface area contributed by atoms with Gasteiger partial charge in [-0.3, -0.25) is 4.79 Å². The number of hydrogen-bond donors (Lipinski definition) is 1. The van der Waals surface area contributed by atoms with Crippen LogP contribution in [0.2, 0.25) is 0 Å². The minimum absolute atomic E-state index is 0.230. The molecule has 7 atom stereocenters. The lowest BCUT2D eigenvalue weighted by Gasteiger charge is -2.42. The molecule has 2 aliphatic heterocycles. The SMILES string of the molecule is C=C1C(=O)O[C@@H]2[C@@H]3[C@@]4(C)C=C[C@@]3(OO4)[C@](C)(O)[C@H](OC(C)=O)C[C@@H]12. The van der Waals surface area contributed by atoms with Crippen molar-refractivity contribution in [3.8, 4) is 0 Å². The van der Waals surface area contributed by atoms with Crippen LogP contribution in [0.15, 0.2) is 24.3 Å². The molecule has 0 unspecified atom stereocenters. The number of fused-ring (bicyclic) bond motifs is 1. The second-order valence-electron chi connectivity index (χ2n) is 7.44. The van der Waals surface area contributed by atoms with Crippen molar-refractivity contribution in [3.05, 3.63) is 24.3 Å². The number of carbonyl (C=O) groups is 2. The van der Waals surface area contributed by atoms with Crippen LogP contribution in [0.25, 0.3) is 0 Å². The van der Waals surface area contributed by atoms with Crippen LogP contribution >= 0.6 is 0 Å². The van der Waals surface area contributed by atoms with Crippen LogP contribution in [0.3, 0.4) is 0 Å². The van der Waals surface area contributed by atoms with Crippen molar-refractivity contribution in [2.75, 3.05) is 0 Å². The lowest BCUT2D eigenvalue weighted by molar-refractivity contribution is -0.366. The Morgan fingerprint density at radius 1 is 1.38 bits per heavy atom. The Hall–Kier alpha value is -1.70. The van der Waals surface area contributed by atoms with E-state index in [1.807, 2.05) is 6.92 Å². The van der Waals surface area contributed by atoms with E-state index in [2.05, 4.69) is 6.58 Å². The normalized spacial score (nSPS) is 51.8. The molecule has 0 aromatic carbocycles. The minimum Gasteiger partial charge on any atom is -0.459 e. The Morgan fingerprint density at radius 2 is 2.08 bits per heavy atom. The number of hydrogen-bond acceptors (Lipinski definition) is 7. The van der Waals surface area contributed by atoms with Crippen molar-refractivity contribution in [1.29, 1.82) is 0 Å². The van der Waals surface area contributed by atoms with Crippen LogP contribution in [0.4, 0.5) is 0 Å². The number of carbonyl (C=O) groups excluding carboxylic acids is 2. The Balaban J connectivity index is 1.88. The molecule has 7 nitrogen and oxygen atoms in total. The lowest BCUT2D eigenvalue weighted by Crippen LogP contribution is -2.62. The van der Waals surface area contributed by atoms with Crippen molar-refractivity contribution in [3.63, 3.8) is 0 Å². The van der Waals surface area contributed by atoms with Gasteiger partial charge in [0, 0.05) is 18.4 Å². The van der Waals surface area contributed by atoms with Gasteiger partial charge in [0.1, 0.15) is 23.4 Å². The molecule has 2 aliphatic carbocycles. The van der Waals surface area contributed by atoms with Crippen molar-refractivity contribution in [2.45, 2.75) is 56.2 Å².